The minimum atomic E-state index is -1.43. The van der Waals surface area contributed by atoms with Gasteiger partial charge in [-0.2, -0.15) is 5.10 Å². The lowest BCUT2D eigenvalue weighted by atomic mass is 9.84. The second kappa shape index (κ2) is 3.44. The van der Waals surface area contributed by atoms with Crippen LogP contribution in [0.25, 0.3) is 0 Å². The van der Waals surface area contributed by atoms with Crippen molar-refractivity contribution in [2.75, 3.05) is 0 Å². The maximum Gasteiger partial charge on any atom is 0.507 e. The maximum absolute atomic E-state index is 9.06. The van der Waals surface area contributed by atoms with E-state index in [0.717, 1.165) is 12.8 Å². The lowest BCUT2D eigenvalue weighted by molar-refractivity contribution is 0.290. The first-order chi connectivity index (χ1) is 6.18. The predicted octanol–water partition coefficient (Wildman–Crippen LogP) is 0.0504. The molecule has 1 aromatic heterocycles. The van der Waals surface area contributed by atoms with Gasteiger partial charge in [-0.25, -0.2) is 0 Å². The van der Waals surface area contributed by atoms with Gasteiger partial charge in [0.15, 0.2) is 0 Å². The minimum Gasteiger partial charge on any atom is -0.422 e. The van der Waals surface area contributed by atoms with Gasteiger partial charge in [-0.15, -0.1) is 0 Å². The fourth-order valence-electron chi connectivity index (χ4n) is 1.49. The molecular weight excluding hydrogens is 235 g/mol. The van der Waals surface area contributed by atoms with E-state index in [4.69, 9.17) is 10.0 Å². The number of hydrogen-bond acceptors (Lipinski definition) is 3. The van der Waals surface area contributed by atoms with E-state index in [0.29, 0.717) is 16.2 Å². The molecule has 0 radical (unpaired) electrons. The van der Waals surface area contributed by atoms with Gasteiger partial charge in [0.05, 0.1) is 11.6 Å². The third-order valence-electron chi connectivity index (χ3n) is 2.42. The van der Waals surface area contributed by atoms with Crippen LogP contribution in [0.5, 0.6) is 0 Å². The van der Waals surface area contributed by atoms with Crippen LogP contribution in [0.3, 0.4) is 0 Å². The predicted molar refractivity (Wildman–Crippen MR) is 52.6 cm³/mol. The molecule has 1 fully saturated rings. The van der Waals surface area contributed by atoms with E-state index in [2.05, 4.69) is 21.0 Å². The Kier molecular flexibility index (Phi) is 2.44. The summed E-state index contributed by atoms with van der Waals surface area (Å²) in [6.45, 7) is 0. The Balaban J connectivity index is 2.31. The van der Waals surface area contributed by atoms with Crippen molar-refractivity contribution in [1.29, 1.82) is 0 Å². The maximum atomic E-state index is 9.06. The van der Waals surface area contributed by atoms with Gasteiger partial charge in [-0.1, -0.05) is 0 Å². The molecule has 0 aliphatic heterocycles. The molecule has 0 saturated heterocycles. The Morgan fingerprint density at radius 2 is 2.23 bits per heavy atom. The van der Waals surface area contributed by atoms with Crippen molar-refractivity contribution in [2.45, 2.75) is 25.3 Å². The first kappa shape index (κ1) is 9.24. The zero-order valence-electron chi connectivity index (χ0n) is 7.02. The van der Waals surface area contributed by atoms with E-state index in [1.165, 1.54) is 6.42 Å². The van der Waals surface area contributed by atoms with E-state index in [1.54, 1.807) is 10.7 Å². The average Bonchev–Trinajstić information content (AvgIpc) is 2.27. The average molecular weight is 245 g/mol. The summed E-state index contributed by atoms with van der Waals surface area (Å²) < 4.78 is 2.36. The molecule has 13 heavy (non-hydrogen) atoms. The van der Waals surface area contributed by atoms with Crippen molar-refractivity contribution in [1.82, 2.24) is 9.78 Å². The van der Waals surface area contributed by atoms with Crippen LogP contribution in [0.1, 0.15) is 25.3 Å². The third kappa shape index (κ3) is 1.66. The Bertz CT molecular complexity index is 311. The molecule has 1 aliphatic carbocycles. The quantitative estimate of drug-likeness (QED) is 0.723. The van der Waals surface area contributed by atoms with Crippen LogP contribution >= 0.6 is 15.9 Å². The smallest absolute Gasteiger partial charge is 0.422 e. The number of rotatable bonds is 2. The van der Waals surface area contributed by atoms with E-state index in [-0.39, 0.29) is 0 Å². The van der Waals surface area contributed by atoms with E-state index < -0.39 is 7.12 Å². The molecule has 0 bridgehead atoms. The molecule has 0 amide bonds. The van der Waals surface area contributed by atoms with Gasteiger partial charge in [0.25, 0.3) is 0 Å². The van der Waals surface area contributed by atoms with Crippen LogP contribution in [0.4, 0.5) is 0 Å². The molecule has 0 spiro atoms. The normalized spacial score (nSPS) is 17.2. The highest BCUT2D eigenvalue weighted by atomic mass is 79.9. The van der Waals surface area contributed by atoms with Crippen molar-refractivity contribution in [3.63, 3.8) is 0 Å². The van der Waals surface area contributed by atoms with Crippen molar-refractivity contribution in [3.8, 4) is 0 Å². The molecule has 1 aromatic rings. The zero-order chi connectivity index (χ0) is 9.42. The standard InChI is InChI=1S/C7H10BBrN2O2/c9-7-4-6(8(12)13)11(10-7)5-2-1-3-5/h4-5,12-13H,1-3H2. The molecule has 70 valence electrons. The molecule has 6 heteroatoms. The summed E-state index contributed by atoms with van der Waals surface area (Å²) in [5.74, 6) is 0. The topological polar surface area (TPSA) is 58.3 Å². The molecule has 0 unspecified atom stereocenters. The zero-order valence-corrected chi connectivity index (χ0v) is 8.61. The van der Waals surface area contributed by atoms with Gasteiger partial charge < -0.3 is 10.0 Å². The Hall–Kier alpha value is -0.325. The molecule has 0 aromatic carbocycles. The first-order valence-corrected chi connectivity index (χ1v) is 5.09. The highest BCUT2D eigenvalue weighted by Gasteiger charge is 2.27. The Labute approximate surface area is 84.8 Å². The summed E-state index contributed by atoms with van der Waals surface area (Å²) in [6.07, 6.45) is 3.35. The Morgan fingerprint density at radius 1 is 1.54 bits per heavy atom. The first-order valence-electron chi connectivity index (χ1n) is 4.29. The minimum absolute atomic E-state index is 0.350. The number of hydrogen-bond donors (Lipinski definition) is 2. The summed E-state index contributed by atoms with van der Waals surface area (Å²) in [4.78, 5) is 0. The molecule has 0 atom stereocenters. The molecule has 1 aliphatic rings. The van der Waals surface area contributed by atoms with Crippen LogP contribution in [0, 0.1) is 0 Å². The van der Waals surface area contributed by atoms with Gasteiger partial charge in [0, 0.05) is 0 Å². The molecule has 1 saturated carbocycles. The van der Waals surface area contributed by atoms with Crippen molar-refractivity contribution < 1.29 is 10.0 Å². The van der Waals surface area contributed by atoms with E-state index >= 15 is 0 Å². The summed E-state index contributed by atoms with van der Waals surface area (Å²) in [5, 5.41) is 22.3. The van der Waals surface area contributed by atoms with Crippen molar-refractivity contribution >= 4 is 28.6 Å². The van der Waals surface area contributed by atoms with E-state index in [1.807, 2.05) is 0 Å². The van der Waals surface area contributed by atoms with Crippen LogP contribution < -0.4 is 5.59 Å². The van der Waals surface area contributed by atoms with Crippen LogP contribution in [-0.4, -0.2) is 26.9 Å². The highest BCUT2D eigenvalue weighted by Crippen LogP contribution is 2.30. The highest BCUT2D eigenvalue weighted by molar-refractivity contribution is 9.10. The van der Waals surface area contributed by atoms with Gasteiger partial charge in [0.1, 0.15) is 4.60 Å². The summed E-state index contributed by atoms with van der Waals surface area (Å²) >= 11 is 3.22. The summed E-state index contributed by atoms with van der Waals surface area (Å²) in [5.41, 5.74) is 0.469. The number of nitrogens with zero attached hydrogens (tertiary/aromatic N) is 2. The molecule has 4 nitrogen and oxygen atoms in total. The summed E-state index contributed by atoms with van der Waals surface area (Å²) in [6, 6.07) is 1.99. The monoisotopic (exact) mass is 244 g/mol. The van der Waals surface area contributed by atoms with Gasteiger partial charge in [-0.3, -0.25) is 4.68 Å². The lowest BCUT2D eigenvalue weighted by Crippen LogP contribution is -2.39. The molecule has 1 heterocycles. The lowest BCUT2D eigenvalue weighted by Gasteiger charge is -2.27. The number of halogens is 1. The second-order valence-electron chi connectivity index (χ2n) is 3.29. The number of aromatic nitrogens is 2. The third-order valence-corrected chi connectivity index (χ3v) is 2.81. The van der Waals surface area contributed by atoms with Crippen molar-refractivity contribution in [3.05, 3.63) is 10.7 Å². The molecule has 2 rings (SSSR count). The Morgan fingerprint density at radius 3 is 2.69 bits per heavy atom. The van der Waals surface area contributed by atoms with E-state index in [9.17, 15) is 0 Å². The second-order valence-corrected chi connectivity index (χ2v) is 4.11. The van der Waals surface area contributed by atoms with Gasteiger partial charge >= 0.3 is 7.12 Å². The summed E-state index contributed by atoms with van der Waals surface area (Å²) in [7, 11) is -1.43. The van der Waals surface area contributed by atoms with Crippen LogP contribution in [-0.2, 0) is 0 Å². The van der Waals surface area contributed by atoms with Gasteiger partial charge in [0.2, 0.25) is 0 Å². The molecular formula is C7H10BBrN2O2. The largest absolute Gasteiger partial charge is 0.507 e. The molecule has 2 N–H and O–H groups in total. The van der Waals surface area contributed by atoms with Crippen LogP contribution in [0.15, 0.2) is 10.7 Å². The SMILES string of the molecule is OB(O)c1cc(Br)nn1C1CCC1. The van der Waals surface area contributed by atoms with Crippen LogP contribution in [0.2, 0.25) is 0 Å². The fraction of sp³-hybridized carbons (Fsp3) is 0.571. The van der Waals surface area contributed by atoms with Gasteiger partial charge in [-0.05, 0) is 41.3 Å². The van der Waals surface area contributed by atoms with Crippen molar-refractivity contribution in [2.24, 2.45) is 0 Å². The fourth-order valence-corrected chi connectivity index (χ4v) is 1.90.